The molecule has 0 aliphatic carbocycles. The average molecular weight is 247 g/mol. The molecule has 6 nitrogen and oxygen atoms in total. The highest BCUT2D eigenvalue weighted by atomic mass is 16.6. The summed E-state index contributed by atoms with van der Waals surface area (Å²) in [6.07, 6.45) is -1.50. The smallest absolute Gasteiger partial charge is 0.410 e. The van der Waals surface area contributed by atoms with Gasteiger partial charge in [0, 0.05) is 6.54 Å². The van der Waals surface area contributed by atoms with Crippen molar-refractivity contribution < 1.29 is 24.5 Å². The van der Waals surface area contributed by atoms with Crippen LogP contribution in [0.3, 0.4) is 0 Å². The molecule has 1 heterocycles. The molecule has 0 aromatic carbocycles. The van der Waals surface area contributed by atoms with Gasteiger partial charge in [-0.05, 0) is 20.8 Å². The lowest BCUT2D eigenvalue weighted by Gasteiger charge is -2.38. The van der Waals surface area contributed by atoms with Gasteiger partial charge in [0.25, 0.3) is 0 Å². The Morgan fingerprint density at radius 2 is 2.24 bits per heavy atom. The van der Waals surface area contributed by atoms with Crippen LogP contribution in [0.2, 0.25) is 0 Å². The average Bonchev–Trinajstić information content (AvgIpc) is 2.25. The number of carbonyl (C=O) groups is 1. The maximum atomic E-state index is 11.9. The van der Waals surface area contributed by atoms with E-state index in [1.807, 2.05) is 0 Å². The molecule has 1 amide bonds. The number of rotatable bonds is 2. The topological polar surface area (TPSA) is 79.2 Å². The molecule has 0 aromatic rings. The fourth-order valence-electron chi connectivity index (χ4n) is 1.61. The lowest BCUT2D eigenvalue weighted by molar-refractivity contribution is -0.0763. The van der Waals surface area contributed by atoms with Gasteiger partial charge in [-0.3, -0.25) is 4.90 Å². The van der Waals surface area contributed by atoms with Gasteiger partial charge in [-0.1, -0.05) is 0 Å². The molecule has 0 radical (unpaired) electrons. The number of aliphatic hydroxyl groups is 2. The van der Waals surface area contributed by atoms with Gasteiger partial charge >= 0.3 is 6.09 Å². The third kappa shape index (κ3) is 4.14. The molecule has 0 saturated carbocycles. The molecule has 17 heavy (non-hydrogen) atoms. The molecule has 1 rings (SSSR count). The fraction of sp³-hybridized carbons (Fsp3) is 0.909. The molecule has 100 valence electrons. The van der Waals surface area contributed by atoms with Crippen molar-refractivity contribution in [1.82, 2.24) is 4.90 Å². The Hall–Kier alpha value is -0.850. The van der Waals surface area contributed by atoms with Crippen LogP contribution >= 0.6 is 0 Å². The van der Waals surface area contributed by atoms with Crippen LogP contribution < -0.4 is 0 Å². The first-order chi connectivity index (χ1) is 7.85. The van der Waals surface area contributed by atoms with Gasteiger partial charge in [-0.25, -0.2) is 4.79 Å². The summed E-state index contributed by atoms with van der Waals surface area (Å²) in [5, 5.41) is 18.6. The SMILES string of the molecule is CC(C)(C)OC(=O)N1CCOC[C@@H]1[C@@H](O)CO. The highest BCUT2D eigenvalue weighted by molar-refractivity contribution is 5.68. The third-order valence-corrected chi connectivity index (χ3v) is 2.42. The quantitative estimate of drug-likeness (QED) is 0.716. The van der Waals surface area contributed by atoms with Gasteiger partial charge in [0.1, 0.15) is 5.60 Å². The first kappa shape index (κ1) is 14.2. The van der Waals surface area contributed by atoms with Crippen LogP contribution in [0.15, 0.2) is 0 Å². The van der Waals surface area contributed by atoms with Gasteiger partial charge in [-0.2, -0.15) is 0 Å². The predicted molar refractivity (Wildman–Crippen MR) is 60.6 cm³/mol. The number of ether oxygens (including phenoxy) is 2. The molecular weight excluding hydrogens is 226 g/mol. The van der Waals surface area contributed by atoms with Crippen LogP contribution in [0.25, 0.3) is 0 Å². The molecule has 0 aromatic heterocycles. The predicted octanol–water partition coefficient (Wildman–Crippen LogP) is -0.0245. The van der Waals surface area contributed by atoms with Gasteiger partial charge in [0.15, 0.2) is 0 Å². The fourth-order valence-corrected chi connectivity index (χ4v) is 1.61. The Balaban J connectivity index is 2.67. The van der Waals surface area contributed by atoms with Crippen molar-refractivity contribution in [2.24, 2.45) is 0 Å². The van der Waals surface area contributed by atoms with E-state index in [0.29, 0.717) is 13.2 Å². The number of aliphatic hydroxyl groups excluding tert-OH is 2. The first-order valence-corrected chi connectivity index (χ1v) is 5.71. The van der Waals surface area contributed by atoms with Crippen LogP contribution in [0, 0.1) is 0 Å². The summed E-state index contributed by atoms with van der Waals surface area (Å²) in [4.78, 5) is 13.3. The Kier molecular flexibility index (Phi) is 4.73. The molecule has 1 aliphatic heterocycles. The lowest BCUT2D eigenvalue weighted by Crippen LogP contribution is -2.56. The molecule has 1 fully saturated rings. The van der Waals surface area contributed by atoms with Crippen LogP contribution in [0.4, 0.5) is 4.79 Å². The van der Waals surface area contributed by atoms with E-state index in [4.69, 9.17) is 14.6 Å². The standard InChI is InChI=1S/C11H21NO5/c1-11(2,3)17-10(15)12-4-5-16-7-8(12)9(14)6-13/h8-9,13-14H,4-7H2,1-3H3/t8-,9+/m1/s1. The largest absolute Gasteiger partial charge is 0.444 e. The van der Waals surface area contributed by atoms with Crippen LogP contribution in [0.1, 0.15) is 20.8 Å². The molecular formula is C11H21NO5. The zero-order chi connectivity index (χ0) is 13.1. The number of nitrogens with zero attached hydrogens (tertiary/aromatic N) is 1. The summed E-state index contributed by atoms with van der Waals surface area (Å²) >= 11 is 0. The number of amides is 1. The maximum Gasteiger partial charge on any atom is 0.410 e. The van der Waals surface area contributed by atoms with Crippen LogP contribution in [-0.4, -0.2) is 65.3 Å². The second kappa shape index (κ2) is 5.66. The van der Waals surface area contributed by atoms with Crippen molar-refractivity contribution in [3.05, 3.63) is 0 Å². The monoisotopic (exact) mass is 247 g/mol. The second-order valence-electron chi connectivity index (χ2n) is 5.07. The van der Waals surface area contributed by atoms with Gasteiger partial charge < -0.3 is 19.7 Å². The molecule has 0 bridgehead atoms. The van der Waals surface area contributed by atoms with E-state index in [1.54, 1.807) is 20.8 Å². The zero-order valence-corrected chi connectivity index (χ0v) is 10.5. The minimum Gasteiger partial charge on any atom is -0.444 e. The molecule has 0 unspecified atom stereocenters. The number of hydrogen-bond acceptors (Lipinski definition) is 5. The highest BCUT2D eigenvalue weighted by Gasteiger charge is 2.34. The van der Waals surface area contributed by atoms with E-state index in [9.17, 15) is 9.90 Å². The van der Waals surface area contributed by atoms with Gasteiger partial charge in [-0.15, -0.1) is 0 Å². The molecule has 2 atom stereocenters. The van der Waals surface area contributed by atoms with Crippen LogP contribution in [0.5, 0.6) is 0 Å². The third-order valence-electron chi connectivity index (χ3n) is 2.42. The van der Waals surface area contributed by atoms with Crippen LogP contribution in [-0.2, 0) is 9.47 Å². The summed E-state index contributed by atoms with van der Waals surface area (Å²) in [6.45, 7) is 5.91. The van der Waals surface area contributed by atoms with E-state index in [-0.39, 0.29) is 6.61 Å². The molecule has 1 aliphatic rings. The van der Waals surface area contributed by atoms with E-state index in [1.165, 1.54) is 4.90 Å². The van der Waals surface area contributed by atoms with Gasteiger partial charge in [0.2, 0.25) is 0 Å². The summed E-state index contributed by atoms with van der Waals surface area (Å²) in [5.74, 6) is 0. The van der Waals surface area contributed by atoms with E-state index >= 15 is 0 Å². The second-order valence-corrected chi connectivity index (χ2v) is 5.07. The van der Waals surface area contributed by atoms with Crippen molar-refractivity contribution >= 4 is 6.09 Å². The molecule has 2 N–H and O–H groups in total. The van der Waals surface area contributed by atoms with Crippen molar-refractivity contribution in [1.29, 1.82) is 0 Å². The van der Waals surface area contributed by atoms with Crippen molar-refractivity contribution in [2.45, 2.75) is 38.5 Å². The van der Waals surface area contributed by atoms with Crippen molar-refractivity contribution in [2.75, 3.05) is 26.4 Å². The molecule has 6 heteroatoms. The van der Waals surface area contributed by atoms with Crippen molar-refractivity contribution in [3.63, 3.8) is 0 Å². The Bertz CT molecular complexity index is 263. The summed E-state index contributed by atoms with van der Waals surface area (Å²) in [7, 11) is 0. The minimum atomic E-state index is -1.01. The number of hydrogen-bond donors (Lipinski definition) is 2. The summed E-state index contributed by atoms with van der Waals surface area (Å²) < 4.78 is 10.4. The van der Waals surface area contributed by atoms with E-state index in [0.717, 1.165) is 0 Å². The summed E-state index contributed by atoms with van der Waals surface area (Å²) in [5.41, 5.74) is -0.579. The van der Waals surface area contributed by atoms with Gasteiger partial charge in [0.05, 0.1) is 32.0 Å². The Labute approximate surface area is 101 Å². The normalized spacial score (nSPS) is 23.4. The summed E-state index contributed by atoms with van der Waals surface area (Å²) in [6, 6.07) is -0.552. The highest BCUT2D eigenvalue weighted by Crippen LogP contribution is 2.16. The Morgan fingerprint density at radius 3 is 2.76 bits per heavy atom. The number of morpholine rings is 1. The van der Waals surface area contributed by atoms with Crippen molar-refractivity contribution in [3.8, 4) is 0 Å². The number of carbonyl (C=O) groups excluding carboxylic acids is 1. The maximum absolute atomic E-state index is 11.9. The first-order valence-electron chi connectivity index (χ1n) is 5.71. The van der Waals surface area contributed by atoms with E-state index < -0.39 is 30.4 Å². The molecule has 0 spiro atoms. The lowest BCUT2D eigenvalue weighted by atomic mass is 10.1. The van der Waals surface area contributed by atoms with E-state index in [2.05, 4.69) is 0 Å². The molecule has 1 saturated heterocycles. The minimum absolute atomic E-state index is 0.209. The Morgan fingerprint density at radius 1 is 1.59 bits per heavy atom. The zero-order valence-electron chi connectivity index (χ0n) is 10.5.